The van der Waals surface area contributed by atoms with Crippen molar-refractivity contribution in [3.05, 3.63) is 57.6 Å². The number of imide groups is 1. The molecule has 6 nitrogen and oxygen atoms in total. The fraction of sp³-hybridized carbons (Fsp3) is 0.400. The lowest BCUT2D eigenvalue weighted by Gasteiger charge is -2.40. The van der Waals surface area contributed by atoms with Crippen molar-refractivity contribution in [1.29, 1.82) is 0 Å². The van der Waals surface area contributed by atoms with Gasteiger partial charge in [0, 0.05) is 0 Å². The number of hydrogen-bond acceptors (Lipinski definition) is 5. The molecule has 0 saturated heterocycles. The summed E-state index contributed by atoms with van der Waals surface area (Å²) in [6.45, 7) is 10.7. The highest BCUT2D eigenvalue weighted by Gasteiger charge is 2.44. The monoisotopic (exact) mass is 451 g/mol. The third-order valence-corrected chi connectivity index (χ3v) is 10.6. The van der Waals surface area contributed by atoms with Gasteiger partial charge in [-0.3, -0.25) is 14.5 Å². The molecule has 0 saturated carbocycles. The molecule has 29 heavy (non-hydrogen) atoms. The molecule has 1 aromatic carbocycles. The first-order chi connectivity index (χ1) is 13.4. The number of rotatable bonds is 5. The number of carbonyl (C=O) groups excluding carboxylic acids is 2. The van der Waals surface area contributed by atoms with Gasteiger partial charge in [0.2, 0.25) is 0 Å². The molecule has 0 radical (unpaired) electrons. The second-order valence-electron chi connectivity index (χ2n) is 8.50. The van der Waals surface area contributed by atoms with E-state index < -0.39 is 26.2 Å². The Kier molecular flexibility index (Phi) is 5.88. The Bertz CT molecular complexity index is 920. The molecular weight excluding hydrogens is 429 g/mol. The van der Waals surface area contributed by atoms with Gasteiger partial charge in [0.15, 0.2) is 30.0 Å². The largest absolute Gasteiger partial charge is 0.408 e. The molecule has 0 bridgehead atoms. The summed E-state index contributed by atoms with van der Waals surface area (Å²) in [5.74, 6) is -1.09. The highest BCUT2D eigenvalue weighted by atomic mass is 35.5. The van der Waals surface area contributed by atoms with Crippen molar-refractivity contribution in [2.75, 3.05) is 6.54 Å². The molecule has 1 aromatic heterocycles. The minimum atomic E-state index is -2.19. The summed E-state index contributed by atoms with van der Waals surface area (Å²) in [5.41, 5.74) is 0.734. The first-order valence-electron chi connectivity index (χ1n) is 9.24. The van der Waals surface area contributed by atoms with Crippen molar-refractivity contribution in [2.24, 2.45) is 0 Å². The van der Waals surface area contributed by atoms with Crippen molar-refractivity contribution < 1.29 is 14.0 Å². The van der Waals surface area contributed by atoms with Gasteiger partial charge < -0.3 is 4.43 Å². The van der Waals surface area contributed by atoms with E-state index in [4.69, 9.17) is 27.6 Å². The van der Waals surface area contributed by atoms with E-state index in [1.54, 1.807) is 0 Å². The van der Waals surface area contributed by atoms with Crippen LogP contribution in [0.3, 0.4) is 0 Å². The van der Waals surface area contributed by atoms with Gasteiger partial charge in [-0.1, -0.05) is 74.3 Å². The summed E-state index contributed by atoms with van der Waals surface area (Å²) in [4.78, 5) is 34.7. The zero-order valence-corrected chi connectivity index (χ0v) is 19.5. The van der Waals surface area contributed by atoms with Crippen LogP contribution in [0.2, 0.25) is 28.4 Å². The summed E-state index contributed by atoms with van der Waals surface area (Å²) < 4.78 is 6.59. The SMILES string of the molecule is CC(C)(C)[Si](C)(C)O[C@@H](CN1C(=O)c2nc(Cl)c(Cl)nc2C1=O)c1ccccc1. The first-order valence-corrected chi connectivity index (χ1v) is 12.9. The molecule has 0 aliphatic carbocycles. The Balaban J connectivity index is 1.95. The number of amides is 2. The Morgan fingerprint density at radius 2 is 1.48 bits per heavy atom. The van der Waals surface area contributed by atoms with Crippen LogP contribution in [0.4, 0.5) is 0 Å². The maximum Gasteiger partial charge on any atom is 0.282 e. The first kappa shape index (κ1) is 21.9. The fourth-order valence-corrected chi connectivity index (χ4v) is 4.31. The van der Waals surface area contributed by atoms with Crippen molar-refractivity contribution in [1.82, 2.24) is 14.9 Å². The second-order valence-corrected chi connectivity index (χ2v) is 14.0. The molecule has 0 spiro atoms. The number of aromatic nitrogens is 2. The molecule has 0 fully saturated rings. The molecule has 1 aliphatic heterocycles. The van der Waals surface area contributed by atoms with Gasteiger partial charge in [0.1, 0.15) is 0 Å². The molecule has 1 aliphatic rings. The van der Waals surface area contributed by atoms with Crippen LogP contribution in [0.1, 0.15) is 53.4 Å². The highest BCUT2D eigenvalue weighted by molar-refractivity contribution is 6.74. The molecule has 2 heterocycles. The number of carbonyl (C=O) groups is 2. The van der Waals surface area contributed by atoms with Crippen molar-refractivity contribution in [3.63, 3.8) is 0 Å². The summed E-state index contributed by atoms with van der Waals surface area (Å²) in [6.07, 6.45) is -0.467. The van der Waals surface area contributed by atoms with Crippen LogP contribution in [0.25, 0.3) is 0 Å². The smallest absolute Gasteiger partial charge is 0.282 e. The Hall–Kier alpha value is -1.80. The van der Waals surface area contributed by atoms with Crippen LogP contribution in [0, 0.1) is 0 Å². The van der Waals surface area contributed by atoms with Crippen LogP contribution in [0.15, 0.2) is 30.3 Å². The Labute approximate surface area is 181 Å². The zero-order chi connectivity index (χ0) is 21.6. The zero-order valence-electron chi connectivity index (χ0n) is 17.0. The minimum absolute atomic E-state index is 0.0355. The summed E-state index contributed by atoms with van der Waals surface area (Å²) in [5, 5.41) is -0.247. The maximum atomic E-state index is 12.9. The topological polar surface area (TPSA) is 72.4 Å². The second kappa shape index (κ2) is 7.79. The van der Waals surface area contributed by atoms with E-state index in [0.29, 0.717) is 0 Å². The third kappa shape index (κ3) is 4.23. The van der Waals surface area contributed by atoms with Gasteiger partial charge in [0.25, 0.3) is 11.8 Å². The quantitative estimate of drug-likeness (QED) is 0.464. The molecule has 154 valence electrons. The van der Waals surface area contributed by atoms with E-state index in [1.165, 1.54) is 0 Å². The Morgan fingerprint density at radius 3 is 1.93 bits per heavy atom. The van der Waals surface area contributed by atoms with E-state index in [-0.39, 0.29) is 33.3 Å². The van der Waals surface area contributed by atoms with Gasteiger partial charge >= 0.3 is 0 Å². The summed E-state index contributed by atoms with van der Waals surface area (Å²) >= 11 is 11.8. The fourth-order valence-electron chi connectivity index (χ4n) is 2.78. The van der Waals surface area contributed by atoms with Crippen LogP contribution in [-0.2, 0) is 4.43 Å². The average molecular weight is 452 g/mol. The molecule has 2 amide bonds. The summed E-state index contributed by atoms with van der Waals surface area (Å²) in [7, 11) is -2.19. The van der Waals surface area contributed by atoms with E-state index in [2.05, 4.69) is 43.8 Å². The van der Waals surface area contributed by atoms with Crippen LogP contribution in [-0.4, -0.2) is 41.5 Å². The lowest BCUT2D eigenvalue weighted by atomic mass is 10.1. The number of nitrogens with zero attached hydrogens (tertiary/aromatic N) is 3. The lowest BCUT2D eigenvalue weighted by Crippen LogP contribution is -2.45. The number of benzene rings is 1. The van der Waals surface area contributed by atoms with Crippen LogP contribution >= 0.6 is 23.2 Å². The number of halogens is 2. The third-order valence-electron chi connectivity index (χ3n) is 5.47. The highest BCUT2D eigenvalue weighted by Crippen LogP contribution is 2.40. The number of fused-ring (bicyclic) bond motifs is 1. The molecule has 3 rings (SSSR count). The van der Waals surface area contributed by atoms with Gasteiger partial charge in [-0.15, -0.1) is 0 Å². The summed E-state index contributed by atoms with van der Waals surface area (Å²) in [6, 6.07) is 9.58. The van der Waals surface area contributed by atoms with Crippen LogP contribution in [0.5, 0.6) is 0 Å². The standard InChI is InChI=1S/C20H23Cl2N3O3Si/c1-20(2,3)29(4,5)28-13(12-9-7-6-8-10-12)11-25-18(26)14-15(19(25)27)24-17(22)16(21)23-14/h6-10,13H,11H2,1-5H3/t13-/m0/s1. The van der Waals surface area contributed by atoms with E-state index in [0.717, 1.165) is 10.5 Å². The van der Waals surface area contributed by atoms with E-state index >= 15 is 0 Å². The average Bonchev–Trinajstić information content (AvgIpc) is 2.86. The van der Waals surface area contributed by atoms with Crippen molar-refractivity contribution >= 4 is 43.3 Å². The van der Waals surface area contributed by atoms with Gasteiger partial charge in [-0.2, -0.15) is 0 Å². The molecular formula is C20H23Cl2N3O3Si. The van der Waals surface area contributed by atoms with Crippen molar-refractivity contribution in [3.8, 4) is 0 Å². The van der Waals surface area contributed by atoms with Gasteiger partial charge in [0.05, 0.1) is 12.6 Å². The molecule has 9 heteroatoms. The lowest BCUT2D eigenvalue weighted by molar-refractivity contribution is 0.0553. The van der Waals surface area contributed by atoms with Crippen molar-refractivity contribution in [2.45, 2.75) is 45.0 Å². The maximum absolute atomic E-state index is 12.9. The predicted octanol–water partition coefficient (Wildman–Crippen LogP) is 5.14. The molecule has 2 aromatic rings. The predicted molar refractivity (Wildman–Crippen MR) is 115 cm³/mol. The Morgan fingerprint density at radius 1 is 1.00 bits per heavy atom. The normalized spacial score (nSPS) is 15.6. The minimum Gasteiger partial charge on any atom is -0.408 e. The van der Waals surface area contributed by atoms with Gasteiger partial charge in [-0.05, 0) is 23.7 Å². The van der Waals surface area contributed by atoms with Gasteiger partial charge in [-0.25, -0.2) is 9.97 Å². The van der Waals surface area contributed by atoms with Crippen LogP contribution < -0.4 is 0 Å². The molecule has 0 unspecified atom stereocenters. The van der Waals surface area contributed by atoms with E-state index in [1.807, 2.05) is 30.3 Å². The molecule has 0 N–H and O–H groups in total. The molecule has 1 atom stereocenters. The number of hydrogen-bond donors (Lipinski definition) is 0. The van der Waals surface area contributed by atoms with E-state index in [9.17, 15) is 9.59 Å².